The molecule has 1 aliphatic rings. The van der Waals surface area contributed by atoms with E-state index in [2.05, 4.69) is 0 Å². The molecular weight excluding hydrogens is 218 g/mol. The van der Waals surface area contributed by atoms with E-state index in [1.165, 1.54) is 12.1 Å². The van der Waals surface area contributed by atoms with Gasteiger partial charge >= 0.3 is 0 Å². The summed E-state index contributed by atoms with van der Waals surface area (Å²) < 4.78 is 36.4. The number of benzene rings is 1. The van der Waals surface area contributed by atoms with Crippen LogP contribution in [0.2, 0.25) is 0 Å². The molecular formula is C11H12F2O3. The Balaban J connectivity index is 2.07. The molecule has 1 aromatic carbocycles. The van der Waals surface area contributed by atoms with E-state index in [1.807, 2.05) is 0 Å². The van der Waals surface area contributed by atoms with Crippen LogP contribution in [0.25, 0.3) is 0 Å². The molecule has 0 aliphatic carbocycles. The molecule has 0 amide bonds. The predicted octanol–water partition coefficient (Wildman–Crippen LogP) is 1.76. The standard InChI is InChI=1S/C11H12F2O3/c12-8-3-1-2-7(11(8)13)9(14)6-10-15-4-5-16-10/h1-3,9-10,14H,4-6H2. The molecule has 1 atom stereocenters. The Hall–Kier alpha value is -1.04. The summed E-state index contributed by atoms with van der Waals surface area (Å²) in [6.45, 7) is 0.923. The van der Waals surface area contributed by atoms with Crippen LogP contribution >= 0.6 is 0 Å². The maximum Gasteiger partial charge on any atom is 0.164 e. The van der Waals surface area contributed by atoms with Gasteiger partial charge in [0.2, 0.25) is 0 Å². The van der Waals surface area contributed by atoms with Gasteiger partial charge in [0.15, 0.2) is 17.9 Å². The second-order valence-corrected chi connectivity index (χ2v) is 3.57. The zero-order chi connectivity index (χ0) is 11.5. The van der Waals surface area contributed by atoms with E-state index in [4.69, 9.17) is 9.47 Å². The van der Waals surface area contributed by atoms with E-state index in [1.54, 1.807) is 0 Å². The molecule has 1 unspecified atom stereocenters. The van der Waals surface area contributed by atoms with Crippen molar-refractivity contribution in [2.45, 2.75) is 18.8 Å². The molecule has 88 valence electrons. The number of rotatable bonds is 3. The number of halogens is 2. The molecule has 1 saturated heterocycles. The lowest BCUT2D eigenvalue weighted by Crippen LogP contribution is -2.14. The molecule has 0 bridgehead atoms. The monoisotopic (exact) mass is 230 g/mol. The van der Waals surface area contributed by atoms with Crippen molar-refractivity contribution in [3.8, 4) is 0 Å². The van der Waals surface area contributed by atoms with Crippen LogP contribution in [0, 0.1) is 11.6 Å². The van der Waals surface area contributed by atoms with Crippen molar-refractivity contribution >= 4 is 0 Å². The lowest BCUT2D eigenvalue weighted by Gasteiger charge is -2.15. The fourth-order valence-electron chi connectivity index (χ4n) is 1.63. The van der Waals surface area contributed by atoms with Gasteiger partial charge in [-0.25, -0.2) is 8.78 Å². The predicted molar refractivity (Wildman–Crippen MR) is 51.6 cm³/mol. The van der Waals surface area contributed by atoms with Gasteiger partial charge < -0.3 is 14.6 Å². The van der Waals surface area contributed by atoms with E-state index in [9.17, 15) is 13.9 Å². The minimum atomic E-state index is -1.13. The van der Waals surface area contributed by atoms with Gasteiger partial charge in [-0.1, -0.05) is 12.1 Å². The lowest BCUT2D eigenvalue weighted by molar-refractivity contribution is -0.0712. The molecule has 5 heteroatoms. The average Bonchev–Trinajstić information content (AvgIpc) is 2.74. The second-order valence-electron chi connectivity index (χ2n) is 3.57. The highest BCUT2D eigenvalue weighted by molar-refractivity contribution is 5.21. The first-order chi connectivity index (χ1) is 7.68. The van der Waals surface area contributed by atoms with E-state index in [0.29, 0.717) is 13.2 Å². The van der Waals surface area contributed by atoms with Crippen molar-refractivity contribution in [1.29, 1.82) is 0 Å². The number of aliphatic hydroxyl groups is 1. The van der Waals surface area contributed by atoms with E-state index in [0.717, 1.165) is 6.07 Å². The summed E-state index contributed by atoms with van der Waals surface area (Å²) in [4.78, 5) is 0. The van der Waals surface area contributed by atoms with Crippen LogP contribution in [0.15, 0.2) is 18.2 Å². The fraction of sp³-hybridized carbons (Fsp3) is 0.455. The van der Waals surface area contributed by atoms with Gasteiger partial charge in [-0.2, -0.15) is 0 Å². The number of ether oxygens (including phenoxy) is 2. The Kier molecular flexibility index (Phi) is 3.48. The van der Waals surface area contributed by atoms with Crippen LogP contribution in [0.4, 0.5) is 8.78 Å². The number of hydrogen-bond donors (Lipinski definition) is 1. The van der Waals surface area contributed by atoms with E-state index in [-0.39, 0.29) is 12.0 Å². The maximum atomic E-state index is 13.3. The summed E-state index contributed by atoms with van der Waals surface area (Å²) in [7, 11) is 0. The second kappa shape index (κ2) is 4.86. The summed E-state index contributed by atoms with van der Waals surface area (Å²) in [5.74, 6) is -1.99. The van der Waals surface area contributed by atoms with Crippen LogP contribution in [0.1, 0.15) is 18.1 Å². The zero-order valence-electron chi connectivity index (χ0n) is 8.53. The molecule has 16 heavy (non-hydrogen) atoms. The van der Waals surface area contributed by atoms with Crippen molar-refractivity contribution in [2.75, 3.05) is 13.2 Å². The molecule has 1 aliphatic heterocycles. The first-order valence-electron chi connectivity index (χ1n) is 5.03. The quantitative estimate of drug-likeness (QED) is 0.859. The lowest BCUT2D eigenvalue weighted by atomic mass is 10.1. The largest absolute Gasteiger partial charge is 0.388 e. The molecule has 1 aromatic rings. The van der Waals surface area contributed by atoms with E-state index >= 15 is 0 Å². The Morgan fingerprint density at radius 2 is 2.00 bits per heavy atom. The van der Waals surface area contributed by atoms with Gasteiger partial charge in [-0.05, 0) is 6.07 Å². The van der Waals surface area contributed by atoms with Crippen LogP contribution in [0.5, 0.6) is 0 Å². The molecule has 1 heterocycles. The molecule has 3 nitrogen and oxygen atoms in total. The van der Waals surface area contributed by atoms with Crippen molar-refractivity contribution in [3.63, 3.8) is 0 Å². The number of hydrogen-bond acceptors (Lipinski definition) is 3. The van der Waals surface area contributed by atoms with Crippen molar-refractivity contribution in [1.82, 2.24) is 0 Å². The van der Waals surface area contributed by atoms with Crippen molar-refractivity contribution in [3.05, 3.63) is 35.4 Å². The van der Waals surface area contributed by atoms with Gasteiger partial charge in [-0.15, -0.1) is 0 Å². The Morgan fingerprint density at radius 3 is 2.69 bits per heavy atom. The smallest absolute Gasteiger partial charge is 0.164 e. The first-order valence-corrected chi connectivity index (χ1v) is 5.03. The Morgan fingerprint density at radius 1 is 1.31 bits per heavy atom. The molecule has 0 spiro atoms. The van der Waals surface area contributed by atoms with Gasteiger partial charge in [0.05, 0.1) is 19.3 Å². The van der Waals surface area contributed by atoms with Gasteiger partial charge in [0.25, 0.3) is 0 Å². The van der Waals surface area contributed by atoms with Crippen LogP contribution in [0.3, 0.4) is 0 Å². The zero-order valence-corrected chi connectivity index (χ0v) is 8.53. The first kappa shape index (κ1) is 11.4. The van der Waals surface area contributed by atoms with Crippen LogP contribution in [-0.4, -0.2) is 24.6 Å². The van der Waals surface area contributed by atoms with E-state index < -0.39 is 24.0 Å². The average molecular weight is 230 g/mol. The minimum absolute atomic E-state index is 0.0703. The van der Waals surface area contributed by atoms with Crippen molar-refractivity contribution in [2.24, 2.45) is 0 Å². The van der Waals surface area contributed by atoms with Gasteiger partial charge in [0, 0.05) is 12.0 Å². The Labute approximate surface area is 91.6 Å². The molecule has 2 rings (SSSR count). The normalized spacial score (nSPS) is 18.9. The molecule has 0 saturated carbocycles. The third-order valence-corrected chi connectivity index (χ3v) is 2.45. The minimum Gasteiger partial charge on any atom is -0.388 e. The third-order valence-electron chi connectivity index (χ3n) is 2.45. The third kappa shape index (κ3) is 2.37. The van der Waals surface area contributed by atoms with Gasteiger partial charge in [0.1, 0.15) is 0 Å². The van der Waals surface area contributed by atoms with Crippen LogP contribution in [-0.2, 0) is 9.47 Å². The summed E-state index contributed by atoms with van der Waals surface area (Å²) >= 11 is 0. The van der Waals surface area contributed by atoms with Crippen molar-refractivity contribution < 1.29 is 23.4 Å². The van der Waals surface area contributed by atoms with Crippen LogP contribution < -0.4 is 0 Å². The maximum absolute atomic E-state index is 13.3. The molecule has 0 radical (unpaired) electrons. The highest BCUT2D eigenvalue weighted by Crippen LogP contribution is 2.25. The fourth-order valence-corrected chi connectivity index (χ4v) is 1.63. The highest BCUT2D eigenvalue weighted by Gasteiger charge is 2.23. The molecule has 1 fully saturated rings. The topological polar surface area (TPSA) is 38.7 Å². The summed E-state index contributed by atoms with van der Waals surface area (Å²) in [6, 6.07) is 3.71. The summed E-state index contributed by atoms with van der Waals surface area (Å²) in [5, 5.41) is 9.72. The molecule has 0 aromatic heterocycles. The Bertz CT molecular complexity index is 364. The summed E-state index contributed by atoms with van der Waals surface area (Å²) in [5.41, 5.74) is -0.0703. The van der Waals surface area contributed by atoms with Gasteiger partial charge in [-0.3, -0.25) is 0 Å². The summed E-state index contributed by atoms with van der Waals surface area (Å²) in [6.07, 6.45) is -1.57. The highest BCUT2D eigenvalue weighted by atomic mass is 19.2. The SMILES string of the molecule is OC(CC1OCCO1)c1cccc(F)c1F. The molecule has 1 N–H and O–H groups in total. The number of aliphatic hydroxyl groups excluding tert-OH is 1.